The number of carbonyl (C=O) groups is 3. The molecule has 2 aromatic rings. The summed E-state index contributed by atoms with van der Waals surface area (Å²) in [4.78, 5) is 36.1. The smallest absolute Gasteiger partial charge is 0.341 e. The van der Waals surface area contributed by atoms with E-state index in [1.54, 1.807) is 31.2 Å². The second kappa shape index (κ2) is 6.86. The number of ether oxygens (including phenoxy) is 1. The summed E-state index contributed by atoms with van der Waals surface area (Å²) >= 11 is 11.9. The molecule has 7 heteroatoms. The van der Waals surface area contributed by atoms with Crippen LogP contribution < -0.4 is 5.32 Å². The van der Waals surface area contributed by atoms with E-state index in [0.29, 0.717) is 11.3 Å². The van der Waals surface area contributed by atoms with Crippen LogP contribution in [-0.2, 0) is 9.53 Å². The molecule has 1 heterocycles. The molecule has 1 N–H and O–H groups in total. The van der Waals surface area contributed by atoms with Gasteiger partial charge >= 0.3 is 5.97 Å². The van der Waals surface area contributed by atoms with Crippen molar-refractivity contribution in [3.8, 4) is 0 Å². The van der Waals surface area contributed by atoms with Crippen LogP contribution in [-0.4, -0.2) is 24.3 Å². The maximum atomic E-state index is 12.3. The number of esters is 1. The van der Waals surface area contributed by atoms with E-state index >= 15 is 0 Å². The number of amides is 1. The van der Waals surface area contributed by atoms with E-state index in [1.165, 1.54) is 12.1 Å². The molecule has 0 unspecified atom stereocenters. The van der Waals surface area contributed by atoms with Gasteiger partial charge in [0.1, 0.15) is 0 Å². The zero-order valence-corrected chi connectivity index (χ0v) is 14.6. The van der Waals surface area contributed by atoms with Crippen molar-refractivity contribution in [3.05, 3.63) is 63.1 Å². The summed E-state index contributed by atoms with van der Waals surface area (Å²) < 4.78 is 5.03. The van der Waals surface area contributed by atoms with Gasteiger partial charge in [0.05, 0.1) is 21.5 Å². The van der Waals surface area contributed by atoms with Crippen LogP contribution in [0.1, 0.15) is 39.1 Å². The summed E-state index contributed by atoms with van der Waals surface area (Å²) in [6, 6.07) is 9.51. The standard InChI is InChI=1S/C18H13Cl2NO4/c1-9-11-7-10(5-6-14(11)21-17(9)23)15(22)8-25-18(24)16-12(19)3-2-4-13(16)20/h2-7,9H,8H2,1H3,(H,21,23)/t9-/m1/s1. The van der Waals surface area contributed by atoms with Gasteiger partial charge < -0.3 is 10.1 Å². The van der Waals surface area contributed by atoms with Crippen molar-refractivity contribution < 1.29 is 19.1 Å². The van der Waals surface area contributed by atoms with E-state index in [9.17, 15) is 14.4 Å². The van der Waals surface area contributed by atoms with Gasteiger partial charge in [0.2, 0.25) is 5.91 Å². The second-order valence-corrected chi connectivity index (χ2v) is 6.42. The van der Waals surface area contributed by atoms with Crippen molar-refractivity contribution in [2.75, 3.05) is 11.9 Å². The Morgan fingerprint density at radius 2 is 1.84 bits per heavy atom. The lowest BCUT2D eigenvalue weighted by atomic mass is 9.99. The van der Waals surface area contributed by atoms with Crippen molar-refractivity contribution in [1.82, 2.24) is 0 Å². The maximum Gasteiger partial charge on any atom is 0.341 e. The number of rotatable bonds is 4. The number of carbonyl (C=O) groups excluding carboxylic acids is 3. The van der Waals surface area contributed by atoms with Crippen LogP contribution in [0.2, 0.25) is 10.0 Å². The van der Waals surface area contributed by atoms with Gasteiger partial charge in [-0.3, -0.25) is 9.59 Å². The number of hydrogen-bond acceptors (Lipinski definition) is 4. The number of fused-ring (bicyclic) bond motifs is 1. The van der Waals surface area contributed by atoms with Crippen molar-refractivity contribution in [2.24, 2.45) is 0 Å². The van der Waals surface area contributed by atoms with E-state index in [4.69, 9.17) is 27.9 Å². The number of hydrogen-bond donors (Lipinski definition) is 1. The topological polar surface area (TPSA) is 72.5 Å². The van der Waals surface area contributed by atoms with Gasteiger partial charge in [0, 0.05) is 11.3 Å². The molecule has 1 aliphatic heterocycles. The number of benzene rings is 2. The van der Waals surface area contributed by atoms with Gasteiger partial charge in [0.25, 0.3) is 0 Å². The Morgan fingerprint density at radius 3 is 2.52 bits per heavy atom. The third-order valence-electron chi connectivity index (χ3n) is 3.99. The Hall–Kier alpha value is -2.37. The Morgan fingerprint density at radius 1 is 1.16 bits per heavy atom. The molecule has 0 aliphatic carbocycles. The van der Waals surface area contributed by atoms with E-state index in [1.807, 2.05) is 0 Å². The Bertz CT molecular complexity index is 874. The van der Waals surface area contributed by atoms with Gasteiger partial charge in [0.15, 0.2) is 12.4 Å². The molecule has 0 radical (unpaired) electrons. The van der Waals surface area contributed by atoms with E-state index in [0.717, 1.165) is 5.56 Å². The fraction of sp³-hybridized carbons (Fsp3) is 0.167. The van der Waals surface area contributed by atoms with Crippen LogP contribution in [0.25, 0.3) is 0 Å². The minimum Gasteiger partial charge on any atom is -0.454 e. The highest BCUT2D eigenvalue weighted by Gasteiger charge is 2.27. The highest BCUT2D eigenvalue weighted by molar-refractivity contribution is 6.39. The van der Waals surface area contributed by atoms with Crippen molar-refractivity contribution >= 4 is 46.5 Å². The number of nitrogens with one attached hydrogen (secondary N) is 1. The van der Waals surface area contributed by atoms with Crippen LogP contribution in [0.4, 0.5) is 5.69 Å². The van der Waals surface area contributed by atoms with Gasteiger partial charge in [-0.05, 0) is 42.8 Å². The summed E-state index contributed by atoms with van der Waals surface area (Å²) in [6.07, 6.45) is 0. The summed E-state index contributed by atoms with van der Waals surface area (Å²) in [5, 5.41) is 3.04. The molecule has 3 rings (SSSR count). The first-order valence-electron chi connectivity index (χ1n) is 7.47. The SMILES string of the molecule is C[C@H]1C(=O)Nc2ccc(C(=O)COC(=O)c3c(Cl)cccc3Cl)cc21. The molecule has 1 atom stereocenters. The van der Waals surface area contributed by atoms with Crippen LogP contribution in [0.15, 0.2) is 36.4 Å². The molecule has 128 valence electrons. The van der Waals surface area contributed by atoms with Crippen molar-refractivity contribution in [1.29, 1.82) is 0 Å². The maximum absolute atomic E-state index is 12.3. The second-order valence-electron chi connectivity index (χ2n) is 5.61. The van der Waals surface area contributed by atoms with Crippen LogP contribution in [0.5, 0.6) is 0 Å². The van der Waals surface area contributed by atoms with Crippen LogP contribution in [0, 0.1) is 0 Å². The van der Waals surface area contributed by atoms with Gasteiger partial charge in [-0.25, -0.2) is 4.79 Å². The molecular weight excluding hydrogens is 365 g/mol. The number of Topliss-reactive ketones (excluding diaryl/α,β-unsaturated/α-hetero) is 1. The zero-order valence-electron chi connectivity index (χ0n) is 13.1. The third-order valence-corrected chi connectivity index (χ3v) is 4.62. The number of halogens is 2. The average Bonchev–Trinajstić information content (AvgIpc) is 2.86. The van der Waals surface area contributed by atoms with Crippen molar-refractivity contribution in [3.63, 3.8) is 0 Å². The highest BCUT2D eigenvalue weighted by atomic mass is 35.5. The predicted molar refractivity (Wildman–Crippen MR) is 94.6 cm³/mol. The van der Waals surface area contributed by atoms with Crippen LogP contribution in [0.3, 0.4) is 0 Å². The molecule has 0 spiro atoms. The first kappa shape index (κ1) is 17.5. The summed E-state index contributed by atoms with van der Waals surface area (Å²) in [7, 11) is 0. The van der Waals surface area contributed by atoms with E-state index in [2.05, 4.69) is 5.32 Å². The molecule has 0 saturated carbocycles. The Balaban J connectivity index is 1.72. The molecular formula is C18H13Cl2NO4. The minimum atomic E-state index is -0.768. The minimum absolute atomic E-state index is 0.0241. The van der Waals surface area contributed by atoms with E-state index in [-0.39, 0.29) is 33.2 Å². The molecule has 0 saturated heterocycles. The molecule has 5 nitrogen and oxygen atoms in total. The third kappa shape index (κ3) is 3.38. The Kier molecular flexibility index (Phi) is 4.79. The summed E-state index contributed by atoms with van der Waals surface area (Å²) in [5.41, 5.74) is 1.82. The first-order chi connectivity index (χ1) is 11.9. The van der Waals surface area contributed by atoms with E-state index < -0.39 is 12.6 Å². The Labute approximate surface area is 153 Å². The molecule has 0 aromatic heterocycles. The van der Waals surface area contributed by atoms with Gasteiger partial charge in [-0.15, -0.1) is 0 Å². The lowest BCUT2D eigenvalue weighted by molar-refractivity contribution is -0.116. The average molecular weight is 378 g/mol. The molecule has 2 aromatic carbocycles. The monoisotopic (exact) mass is 377 g/mol. The lowest BCUT2D eigenvalue weighted by Gasteiger charge is -2.08. The quantitative estimate of drug-likeness (QED) is 0.643. The fourth-order valence-corrected chi connectivity index (χ4v) is 3.12. The van der Waals surface area contributed by atoms with Crippen molar-refractivity contribution in [2.45, 2.75) is 12.8 Å². The molecule has 1 aliphatic rings. The predicted octanol–water partition coefficient (Wildman–Crippen LogP) is 4.09. The summed E-state index contributed by atoms with van der Waals surface area (Å²) in [5.74, 6) is -1.59. The fourth-order valence-electron chi connectivity index (χ4n) is 2.57. The number of anilines is 1. The first-order valence-corrected chi connectivity index (χ1v) is 8.23. The lowest BCUT2D eigenvalue weighted by Crippen LogP contribution is -2.15. The summed E-state index contributed by atoms with van der Waals surface area (Å²) in [6.45, 7) is 1.31. The largest absolute Gasteiger partial charge is 0.454 e. The van der Waals surface area contributed by atoms with Crippen LogP contribution >= 0.6 is 23.2 Å². The normalized spacial score (nSPS) is 15.5. The molecule has 0 fully saturated rings. The van der Waals surface area contributed by atoms with Gasteiger partial charge in [-0.1, -0.05) is 29.3 Å². The number of ketones is 1. The zero-order chi connectivity index (χ0) is 18.1. The molecule has 0 bridgehead atoms. The highest BCUT2D eigenvalue weighted by Crippen LogP contribution is 2.32. The molecule has 1 amide bonds. The van der Waals surface area contributed by atoms with Gasteiger partial charge in [-0.2, -0.15) is 0 Å². The molecule has 25 heavy (non-hydrogen) atoms.